The molecule has 1 N–H and O–H groups in total. The molecule has 0 unspecified atom stereocenters. The van der Waals surface area contributed by atoms with Gasteiger partial charge in [0.05, 0.1) is 0 Å². The predicted octanol–water partition coefficient (Wildman–Crippen LogP) is 4.40. The molecule has 0 radical (unpaired) electrons. The number of nitrogens with zero attached hydrogens (tertiary/aromatic N) is 1. The molecule has 2 aromatic carbocycles. The molecule has 0 aliphatic carbocycles. The van der Waals surface area contributed by atoms with Crippen molar-refractivity contribution in [1.29, 1.82) is 0 Å². The quantitative estimate of drug-likeness (QED) is 0.820. The van der Waals surface area contributed by atoms with Gasteiger partial charge < -0.3 is 10.2 Å². The zero-order chi connectivity index (χ0) is 14.5. The summed E-state index contributed by atoms with van der Waals surface area (Å²) >= 11 is 1.77. The van der Waals surface area contributed by atoms with Crippen LogP contribution in [0.3, 0.4) is 0 Å². The highest BCUT2D eigenvalue weighted by molar-refractivity contribution is 7.98. The highest BCUT2D eigenvalue weighted by atomic mass is 32.2. The number of thioether (sulfide) groups is 1. The van der Waals surface area contributed by atoms with Gasteiger partial charge in [-0.05, 0) is 48.6 Å². The number of hydrogen-bond acceptors (Lipinski definition) is 3. The van der Waals surface area contributed by atoms with Crippen LogP contribution in [0.15, 0.2) is 47.4 Å². The van der Waals surface area contributed by atoms with Crippen LogP contribution < -0.4 is 10.2 Å². The van der Waals surface area contributed by atoms with E-state index in [1.807, 2.05) is 0 Å². The summed E-state index contributed by atoms with van der Waals surface area (Å²) in [5, 5.41) is 3.49. The van der Waals surface area contributed by atoms with Crippen LogP contribution in [-0.2, 0) is 6.54 Å². The van der Waals surface area contributed by atoms with Crippen LogP contribution in [0.1, 0.15) is 11.1 Å². The monoisotopic (exact) mass is 286 g/mol. The molecule has 20 heavy (non-hydrogen) atoms. The maximum Gasteiger partial charge on any atom is 0.0411 e. The van der Waals surface area contributed by atoms with Crippen molar-refractivity contribution >= 4 is 23.1 Å². The van der Waals surface area contributed by atoms with Crippen LogP contribution in [-0.4, -0.2) is 20.4 Å². The second kappa shape index (κ2) is 6.71. The number of nitrogens with one attached hydrogen (secondary N) is 1. The zero-order valence-corrected chi connectivity index (χ0v) is 13.4. The second-order valence-electron chi connectivity index (χ2n) is 5.10. The van der Waals surface area contributed by atoms with Crippen LogP contribution in [0.25, 0.3) is 0 Å². The molecule has 2 nitrogen and oxygen atoms in total. The lowest BCUT2D eigenvalue weighted by Crippen LogP contribution is -2.10. The van der Waals surface area contributed by atoms with Crippen molar-refractivity contribution in [1.82, 2.24) is 0 Å². The summed E-state index contributed by atoms with van der Waals surface area (Å²) in [6.07, 6.45) is 2.10. The number of aryl methyl sites for hydroxylation is 1. The van der Waals surface area contributed by atoms with Crippen LogP contribution in [0, 0.1) is 6.92 Å². The van der Waals surface area contributed by atoms with Gasteiger partial charge in [-0.15, -0.1) is 11.8 Å². The van der Waals surface area contributed by atoms with Gasteiger partial charge in [-0.3, -0.25) is 0 Å². The lowest BCUT2D eigenvalue weighted by atomic mass is 10.1. The van der Waals surface area contributed by atoms with Gasteiger partial charge in [-0.25, -0.2) is 0 Å². The Kier molecular flexibility index (Phi) is 4.96. The first-order chi connectivity index (χ1) is 9.60. The number of hydrogen-bond donors (Lipinski definition) is 1. The molecule has 3 heteroatoms. The molecule has 2 rings (SSSR count). The Bertz CT molecular complexity index is 562. The van der Waals surface area contributed by atoms with Crippen LogP contribution in [0.5, 0.6) is 0 Å². The van der Waals surface area contributed by atoms with Crippen molar-refractivity contribution in [3.05, 3.63) is 53.6 Å². The summed E-state index contributed by atoms with van der Waals surface area (Å²) in [5.74, 6) is 0. The molecule has 0 amide bonds. The summed E-state index contributed by atoms with van der Waals surface area (Å²) < 4.78 is 0. The van der Waals surface area contributed by atoms with E-state index in [4.69, 9.17) is 0 Å². The highest BCUT2D eigenvalue weighted by Gasteiger charge is 2.02. The third kappa shape index (κ3) is 3.70. The van der Waals surface area contributed by atoms with E-state index in [1.54, 1.807) is 11.8 Å². The van der Waals surface area contributed by atoms with E-state index in [0.29, 0.717) is 0 Å². The molecular weight excluding hydrogens is 264 g/mol. The van der Waals surface area contributed by atoms with Gasteiger partial charge in [0.15, 0.2) is 0 Å². The normalized spacial score (nSPS) is 10.4. The molecule has 0 atom stereocenters. The molecule has 0 saturated carbocycles. The summed E-state index contributed by atoms with van der Waals surface area (Å²) in [6.45, 7) is 2.99. The molecule has 0 saturated heterocycles. The minimum Gasteiger partial charge on any atom is -0.381 e. The van der Waals surface area contributed by atoms with E-state index in [2.05, 4.69) is 80.0 Å². The zero-order valence-electron chi connectivity index (χ0n) is 12.6. The minimum atomic E-state index is 0.852. The smallest absolute Gasteiger partial charge is 0.0411 e. The van der Waals surface area contributed by atoms with Crippen LogP contribution >= 0.6 is 11.8 Å². The molecule has 0 heterocycles. The molecule has 0 bridgehead atoms. The summed E-state index contributed by atoms with van der Waals surface area (Å²) in [5.41, 5.74) is 5.01. The van der Waals surface area contributed by atoms with Crippen LogP contribution in [0.2, 0.25) is 0 Å². The molecule has 0 aliphatic rings. The number of benzene rings is 2. The summed E-state index contributed by atoms with van der Waals surface area (Å²) in [4.78, 5) is 3.45. The lowest BCUT2D eigenvalue weighted by Gasteiger charge is -2.17. The van der Waals surface area contributed by atoms with E-state index in [-0.39, 0.29) is 0 Å². The van der Waals surface area contributed by atoms with Crippen molar-refractivity contribution in [2.45, 2.75) is 18.4 Å². The van der Waals surface area contributed by atoms with Gasteiger partial charge >= 0.3 is 0 Å². The Balaban J connectivity index is 2.04. The summed E-state index contributed by atoms with van der Waals surface area (Å²) in [6, 6.07) is 15.2. The maximum absolute atomic E-state index is 3.49. The van der Waals surface area contributed by atoms with Gasteiger partial charge in [0.25, 0.3) is 0 Å². The van der Waals surface area contributed by atoms with Crippen LogP contribution in [0.4, 0.5) is 11.4 Å². The van der Waals surface area contributed by atoms with Gasteiger partial charge in [0, 0.05) is 36.9 Å². The third-order valence-corrected chi connectivity index (χ3v) is 4.09. The third-order valence-electron chi connectivity index (χ3n) is 3.35. The fraction of sp³-hybridized carbons (Fsp3) is 0.294. The van der Waals surface area contributed by atoms with Gasteiger partial charge in [0.1, 0.15) is 0 Å². The van der Waals surface area contributed by atoms with Gasteiger partial charge in [-0.1, -0.05) is 18.2 Å². The number of anilines is 2. The molecule has 0 aliphatic heterocycles. The van der Waals surface area contributed by atoms with Gasteiger partial charge in [-0.2, -0.15) is 0 Å². The van der Waals surface area contributed by atoms with E-state index < -0.39 is 0 Å². The summed E-state index contributed by atoms with van der Waals surface area (Å²) in [7, 11) is 4.15. The Hall–Kier alpha value is -1.61. The fourth-order valence-electron chi connectivity index (χ4n) is 2.15. The maximum atomic E-state index is 3.49. The Morgan fingerprint density at radius 2 is 1.75 bits per heavy atom. The predicted molar refractivity (Wildman–Crippen MR) is 91.1 cm³/mol. The molecule has 0 spiro atoms. The Morgan fingerprint density at radius 1 is 1.05 bits per heavy atom. The first-order valence-electron chi connectivity index (χ1n) is 6.75. The average Bonchev–Trinajstić information content (AvgIpc) is 2.46. The highest BCUT2D eigenvalue weighted by Crippen LogP contribution is 2.23. The first kappa shape index (κ1) is 14.8. The van der Waals surface area contributed by atoms with Gasteiger partial charge in [0.2, 0.25) is 0 Å². The molecule has 0 aromatic heterocycles. The Morgan fingerprint density at radius 3 is 2.35 bits per heavy atom. The largest absolute Gasteiger partial charge is 0.381 e. The minimum absolute atomic E-state index is 0.852. The Labute approximate surface area is 126 Å². The van der Waals surface area contributed by atoms with Crippen molar-refractivity contribution in [2.75, 3.05) is 30.6 Å². The van der Waals surface area contributed by atoms with Crippen molar-refractivity contribution in [3.8, 4) is 0 Å². The van der Waals surface area contributed by atoms with E-state index >= 15 is 0 Å². The van der Waals surface area contributed by atoms with Crippen molar-refractivity contribution < 1.29 is 0 Å². The van der Waals surface area contributed by atoms with Crippen molar-refractivity contribution in [2.24, 2.45) is 0 Å². The topological polar surface area (TPSA) is 15.3 Å². The van der Waals surface area contributed by atoms with Crippen molar-refractivity contribution in [3.63, 3.8) is 0 Å². The molecule has 0 fully saturated rings. The van der Waals surface area contributed by atoms with E-state index in [9.17, 15) is 0 Å². The second-order valence-corrected chi connectivity index (χ2v) is 5.98. The SMILES string of the molecule is CSc1ccc(CNc2ccc(C)c(N(C)C)c2)cc1. The standard InChI is InChI=1S/C17H22N2S/c1-13-5-8-15(11-17(13)19(2)3)18-12-14-6-9-16(20-4)10-7-14/h5-11,18H,12H2,1-4H3. The first-order valence-corrected chi connectivity index (χ1v) is 7.97. The molecule has 106 valence electrons. The fourth-order valence-corrected chi connectivity index (χ4v) is 2.56. The van der Waals surface area contributed by atoms with E-state index in [1.165, 1.54) is 21.7 Å². The number of rotatable bonds is 5. The average molecular weight is 286 g/mol. The molecule has 2 aromatic rings. The lowest BCUT2D eigenvalue weighted by molar-refractivity contribution is 1.10. The molecular formula is C17H22N2S. The van der Waals surface area contributed by atoms with E-state index in [0.717, 1.165) is 12.2 Å².